The first-order valence-electron chi connectivity index (χ1n) is 6.36. The highest BCUT2D eigenvalue weighted by atomic mass is 35.5. The van der Waals surface area contributed by atoms with Crippen molar-refractivity contribution >= 4 is 46.6 Å². The summed E-state index contributed by atoms with van der Waals surface area (Å²) >= 11 is 13.4. The van der Waals surface area contributed by atoms with Crippen LogP contribution >= 0.6 is 35.0 Å². The Labute approximate surface area is 131 Å². The van der Waals surface area contributed by atoms with E-state index in [1.54, 1.807) is 19.3 Å². The van der Waals surface area contributed by atoms with Crippen LogP contribution in [0.15, 0.2) is 17.1 Å². The summed E-state index contributed by atoms with van der Waals surface area (Å²) in [7, 11) is 1.67. The van der Waals surface area contributed by atoms with E-state index in [1.165, 1.54) is 16.3 Å². The Balaban J connectivity index is 2.12. The second-order valence-corrected chi connectivity index (χ2v) is 7.38. The summed E-state index contributed by atoms with van der Waals surface area (Å²) < 4.78 is 1.24. The monoisotopic (exact) mass is 334 g/mol. The number of thioether (sulfide) groups is 1. The van der Waals surface area contributed by atoms with Gasteiger partial charge in [-0.2, -0.15) is 0 Å². The number of halogens is 2. The molecule has 1 aromatic heterocycles. The molecule has 1 N–H and O–H groups in total. The van der Waals surface area contributed by atoms with Crippen LogP contribution < -0.4 is 10.9 Å². The van der Waals surface area contributed by atoms with Gasteiger partial charge in [0.05, 0.1) is 21.0 Å². The first-order valence-corrected chi connectivity index (χ1v) is 8.18. The van der Waals surface area contributed by atoms with E-state index >= 15 is 0 Å². The second-order valence-electron chi connectivity index (χ2n) is 4.74. The molecular weight excluding hydrogens is 319 g/mol. The van der Waals surface area contributed by atoms with Crippen LogP contribution in [0.25, 0.3) is 0 Å². The molecule has 0 aliphatic carbocycles. The Morgan fingerprint density at radius 2 is 2.25 bits per heavy atom. The zero-order valence-electron chi connectivity index (χ0n) is 11.2. The van der Waals surface area contributed by atoms with Crippen LogP contribution in [0.4, 0.5) is 5.69 Å². The predicted octanol–water partition coefficient (Wildman–Crippen LogP) is 2.56. The molecule has 0 saturated carbocycles. The number of hydrogen-bond donors (Lipinski definition) is 1. The van der Waals surface area contributed by atoms with E-state index in [0.717, 1.165) is 0 Å². The Morgan fingerprint density at radius 1 is 1.55 bits per heavy atom. The maximum Gasteiger partial charge on any atom is 0.253 e. The third-order valence-corrected chi connectivity index (χ3v) is 5.86. The number of carbonyl (C=O) groups is 1. The van der Waals surface area contributed by atoms with E-state index < -0.39 is 0 Å². The lowest BCUT2D eigenvalue weighted by atomic mass is 10.2. The molecule has 20 heavy (non-hydrogen) atoms. The zero-order valence-corrected chi connectivity index (χ0v) is 13.6. The highest BCUT2D eigenvalue weighted by Crippen LogP contribution is 2.39. The fraction of sp³-hybridized carbons (Fsp3) is 0.538. The first kappa shape index (κ1) is 15.7. The lowest BCUT2D eigenvalue weighted by molar-refractivity contribution is -0.115. The maximum absolute atomic E-state index is 12.2. The zero-order chi connectivity index (χ0) is 14.9. The number of amides is 1. The number of carbonyl (C=O) groups excluding carboxylic acids is 1. The number of aromatic nitrogens is 1. The van der Waals surface area contributed by atoms with Crippen LogP contribution in [0, 0.1) is 0 Å². The molecule has 1 amide bonds. The Kier molecular flexibility index (Phi) is 5.04. The molecule has 2 rings (SSSR count). The van der Waals surface area contributed by atoms with E-state index in [4.69, 9.17) is 23.2 Å². The number of alkyl halides is 2. The Morgan fingerprint density at radius 3 is 2.80 bits per heavy atom. The lowest BCUT2D eigenvalue weighted by Crippen LogP contribution is -2.26. The Bertz CT molecular complexity index is 566. The minimum absolute atomic E-state index is 0.0395. The van der Waals surface area contributed by atoms with Crippen LogP contribution in [-0.2, 0) is 18.3 Å². The van der Waals surface area contributed by atoms with Crippen molar-refractivity contribution in [2.45, 2.75) is 35.1 Å². The van der Waals surface area contributed by atoms with Gasteiger partial charge in [0.25, 0.3) is 5.56 Å². The van der Waals surface area contributed by atoms with E-state index in [2.05, 4.69) is 5.32 Å². The third kappa shape index (κ3) is 3.32. The van der Waals surface area contributed by atoms with E-state index in [1.807, 2.05) is 6.92 Å². The summed E-state index contributed by atoms with van der Waals surface area (Å²) in [6, 6.07) is 1.72. The fourth-order valence-corrected chi connectivity index (χ4v) is 4.14. The predicted molar refractivity (Wildman–Crippen MR) is 85.0 cm³/mol. The van der Waals surface area contributed by atoms with Gasteiger partial charge in [0, 0.05) is 18.8 Å². The molecule has 110 valence electrons. The summed E-state index contributed by atoms with van der Waals surface area (Å²) in [5.41, 5.74) is 1.26. The van der Waals surface area contributed by atoms with Gasteiger partial charge < -0.3 is 9.88 Å². The average Bonchev–Trinajstić information content (AvgIpc) is 2.74. The van der Waals surface area contributed by atoms with Crippen LogP contribution in [0.2, 0.25) is 0 Å². The highest BCUT2D eigenvalue weighted by molar-refractivity contribution is 8.02. The van der Waals surface area contributed by atoms with Crippen LogP contribution in [0.5, 0.6) is 0 Å². The van der Waals surface area contributed by atoms with E-state index in [9.17, 15) is 9.59 Å². The molecule has 0 radical (unpaired) electrons. The molecule has 4 nitrogen and oxygen atoms in total. The molecule has 3 unspecified atom stereocenters. The summed E-state index contributed by atoms with van der Waals surface area (Å²) in [5.74, 6) is -0.121. The van der Waals surface area contributed by atoms with Crippen LogP contribution in [0.1, 0.15) is 18.9 Å². The van der Waals surface area contributed by atoms with Gasteiger partial charge in [0.2, 0.25) is 5.91 Å². The third-order valence-electron chi connectivity index (χ3n) is 3.22. The van der Waals surface area contributed by atoms with Gasteiger partial charge in [0.1, 0.15) is 0 Å². The van der Waals surface area contributed by atoms with Crippen LogP contribution in [-0.4, -0.2) is 25.8 Å². The van der Waals surface area contributed by atoms with Gasteiger partial charge in [-0.25, -0.2) is 0 Å². The topological polar surface area (TPSA) is 51.1 Å². The molecule has 1 aliphatic heterocycles. The largest absolute Gasteiger partial charge is 0.324 e. The quantitative estimate of drug-likeness (QED) is 0.864. The molecule has 1 aromatic rings. The molecule has 1 aliphatic rings. The number of nitrogens with one attached hydrogen (secondary N) is 1. The molecule has 1 saturated heterocycles. The van der Waals surface area contributed by atoms with Crippen molar-refractivity contribution in [3.05, 3.63) is 28.2 Å². The van der Waals surface area contributed by atoms with Gasteiger partial charge in [0.15, 0.2) is 0 Å². The first-order chi connectivity index (χ1) is 9.42. The van der Waals surface area contributed by atoms with Crippen molar-refractivity contribution < 1.29 is 4.79 Å². The highest BCUT2D eigenvalue weighted by Gasteiger charge is 2.36. The van der Waals surface area contributed by atoms with Crippen molar-refractivity contribution in [2.24, 2.45) is 7.05 Å². The summed E-state index contributed by atoms with van der Waals surface area (Å²) in [5, 5.41) is 2.39. The smallest absolute Gasteiger partial charge is 0.253 e. The second kappa shape index (κ2) is 6.41. The number of pyridine rings is 1. The Hall–Kier alpha value is -0.650. The number of aryl methyl sites for hydroxylation is 2. The number of nitrogens with zero attached hydrogens (tertiary/aromatic N) is 1. The molecule has 0 spiro atoms. The average molecular weight is 335 g/mol. The summed E-state index contributed by atoms with van der Waals surface area (Å²) in [4.78, 5) is 24.0. The summed E-state index contributed by atoms with van der Waals surface area (Å²) in [6.07, 6.45) is 2.80. The molecule has 3 atom stereocenters. The minimum Gasteiger partial charge on any atom is -0.324 e. The van der Waals surface area contributed by atoms with Gasteiger partial charge in [-0.15, -0.1) is 35.0 Å². The molecular formula is C13H16Cl2N2O2S. The van der Waals surface area contributed by atoms with Gasteiger partial charge >= 0.3 is 0 Å². The fourth-order valence-electron chi connectivity index (χ4n) is 2.10. The van der Waals surface area contributed by atoms with E-state index in [-0.39, 0.29) is 26.8 Å². The molecule has 0 bridgehead atoms. The normalized spacial score (nSPS) is 25.7. The van der Waals surface area contributed by atoms with Crippen molar-refractivity contribution in [3.63, 3.8) is 0 Å². The van der Waals surface area contributed by atoms with Crippen molar-refractivity contribution in [2.75, 3.05) is 5.32 Å². The minimum atomic E-state index is -0.248. The number of anilines is 1. The number of hydrogen-bond acceptors (Lipinski definition) is 3. The van der Waals surface area contributed by atoms with Gasteiger partial charge in [-0.3, -0.25) is 9.59 Å². The molecule has 2 heterocycles. The van der Waals surface area contributed by atoms with Crippen LogP contribution in [0.3, 0.4) is 0 Å². The molecule has 7 heteroatoms. The lowest BCUT2D eigenvalue weighted by Gasteiger charge is -2.12. The summed E-state index contributed by atoms with van der Waals surface area (Å²) in [6.45, 7) is 1.91. The van der Waals surface area contributed by atoms with Gasteiger partial charge in [-0.1, -0.05) is 6.92 Å². The standard InChI is InChI=1S/C13H16Cl2N2O2S/c1-3-7-4-8(6-17(2)13(7)19)16-12(18)10-5-9(14)11(15)20-10/h4,6,9-11H,3,5H2,1-2H3,(H,16,18). The maximum atomic E-state index is 12.2. The molecule has 1 fully saturated rings. The number of rotatable bonds is 3. The van der Waals surface area contributed by atoms with Gasteiger partial charge in [-0.05, 0) is 18.9 Å². The van der Waals surface area contributed by atoms with Crippen molar-refractivity contribution in [3.8, 4) is 0 Å². The van der Waals surface area contributed by atoms with Crippen molar-refractivity contribution in [1.29, 1.82) is 0 Å². The van der Waals surface area contributed by atoms with Crippen molar-refractivity contribution in [1.82, 2.24) is 4.57 Å². The SMILES string of the molecule is CCc1cc(NC(=O)C2CC(Cl)C(Cl)S2)cn(C)c1=O. The molecule has 0 aromatic carbocycles. The van der Waals surface area contributed by atoms with E-state index in [0.29, 0.717) is 24.1 Å².